The normalized spacial score (nSPS) is 21.2. The van der Waals surface area contributed by atoms with E-state index in [0.717, 1.165) is 10.9 Å². The van der Waals surface area contributed by atoms with Crippen molar-refractivity contribution in [3.8, 4) is 0 Å². The topological polar surface area (TPSA) is 17.1 Å². The largest absolute Gasteiger partial charge is 0.294 e. The maximum atomic E-state index is 12.5. The van der Waals surface area contributed by atoms with Crippen LogP contribution in [0.25, 0.3) is 0 Å². The second-order valence-corrected chi connectivity index (χ2v) is 6.08. The van der Waals surface area contributed by atoms with Gasteiger partial charge in [-0.3, -0.25) is 4.79 Å². The summed E-state index contributed by atoms with van der Waals surface area (Å²) < 4.78 is 0.781. The first-order valence-corrected chi connectivity index (χ1v) is 7.38. The molecule has 0 aliphatic heterocycles. The van der Waals surface area contributed by atoms with Crippen LogP contribution in [0.1, 0.15) is 28.3 Å². The molecule has 3 rings (SSSR count). The molecule has 2 aromatic rings. The van der Waals surface area contributed by atoms with Crippen LogP contribution in [-0.4, -0.2) is 5.78 Å². The second kappa shape index (κ2) is 5.10. The number of carbonyl (C=O) groups is 1. The van der Waals surface area contributed by atoms with Crippen LogP contribution in [0, 0.1) is 5.92 Å². The number of ketones is 1. The molecular formula is C16H12BrClO. The predicted octanol–water partition coefficient (Wildman–Crippen LogP) is 5.09. The summed E-state index contributed by atoms with van der Waals surface area (Å²) in [6, 6.07) is 15.6. The molecule has 2 atom stereocenters. The lowest BCUT2D eigenvalue weighted by Gasteiger charge is -2.06. The van der Waals surface area contributed by atoms with Crippen molar-refractivity contribution in [1.82, 2.24) is 0 Å². The van der Waals surface area contributed by atoms with E-state index in [4.69, 9.17) is 11.6 Å². The van der Waals surface area contributed by atoms with Crippen molar-refractivity contribution < 1.29 is 4.79 Å². The van der Waals surface area contributed by atoms with Crippen LogP contribution in [0.2, 0.25) is 5.02 Å². The first kappa shape index (κ1) is 12.9. The number of hydrogen-bond acceptors (Lipinski definition) is 1. The van der Waals surface area contributed by atoms with Crippen LogP contribution in [0.15, 0.2) is 53.0 Å². The Hall–Kier alpha value is -1.12. The quantitative estimate of drug-likeness (QED) is 0.714. The highest BCUT2D eigenvalue weighted by Gasteiger charge is 2.44. The zero-order chi connectivity index (χ0) is 13.4. The minimum Gasteiger partial charge on any atom is -0.294 e. The van der Waals surface area contributed by atoms with Gasteiger partial charge in [-0.25, -0.2) is 0 Å². The zero-order valence-corrected chi connectivity index (χ0v) is 12.5. The van der Waals surface area contributed by atoms with Crippen LogP contribution in [0.3, 0.4) is 0 Å². The molecular weight excluding hydrogens is 324 g/mol. The van der Waals surface area contributed by atoms with Gasteiger partial charge in [-0.05, 0) is 46.0 Å². The van der Waals surface area contributed by atoms with Gasteiger partial charge >= 0.3 is 0 Å². The lowest BCUT2D eigenvalue weighted by atomic mass is 10.0. The lowest BCUT2D eigenvalue weighted by molar-refractivity contribution is 0.0964. The predicted molar refractivity (Wildman–Crippen MR) is 80.8 cm³/mol. The van der Waals surface area contributed by atoms with E-state index in [2.05, 4.69) is 28.1 Å². The second-order valence-electron chi connectivity index (χ2n) is 4.82. The summed E-state index contributed by atoms with van der Waals surface area (Å²) >= 11 is 9.55. The molecule has 1 fully saturated rings. The molecule has 1 nitrogen and oxygen atoms in total. The van der Waals surface area contributed by atoms with E-state index in [0.29, 0.717) is 16.5 Å². The third kappa shape index (κ3) is 2.47. The minimum absolute atomic E-state index is 0.0681. The van der Waals surface area contributed by atoms with Gasteiger partial charge in [0.05, 0.1) is 10.6 Å². The standard InChI is InChI=1S/C16H12BrClO/c17-13-7-4-8-14(18)15(13)16(19)12-9-11(12)10-5-2-1-3-6-10/h1-8,11-12H,9H2. The molecule has 2 aromatic carbocycles. The van der Waals surface area contributed by atoms with E-state index >= 15 is 0 Å². The molecule has 1 saturated carbocycles. The molecule has 3 heteroatoms. The van der Waals surface area contributed by atoms with Crippen molar-refractivity contribution in [3.63, 3.8) is 0 Å². The molecule has 0 bridgehead atoms. The summed E-state index contributed by atoms with van der Waals surface area (Å²) in [7, 11) is 0. The Morgan fingerprint density at radius 2 is 1.84 bits per heavy atom. The Morgan fingerprint density at radius 3 is 2.53 bits per heavy atom. The van der Waals surface area contributed by atoms with Gasteiger partial charge in [-0.2, -0.15) is 0 Å². The molecule has 96 valence electrons. The monoisotopic (exact) mass is 334 g/mol. The van der Waals surface area contributed by atoms with Crippen molar-refractivity contribution in [3.05, 3.63) is 69.2 Å². The number of benzene rings is 2. The zero-order valence-electron chi connectivity index (χ0n) is 10.1. The molecule has 0 N–H and O–H groups in total. The Bertz CT molecular complexity index is 604. The average molecular weight is 336 g/mol. The maximum Gasteiger partial charge on any atom is 0.169 e. The fourth-order valence-corrected chi connectivity index (χ4v) is 3.42. The molecule has 0 saturated heterocycles. The maximum absolute atomic E-state index is 12.5. The molecule has 2 unspecified atom stereocenters. The summed E-state index contributed by atoms with van der Waals surface area (Å²) in [4.78, 5) is 12.5. The van der Waals surface area contributed by atoms with E-state index in [-0.39, 0.29) is 11.7 Å². The molecule has 0 aromatic heterocycles. The first-order valence-electron chi connectivity index (χ1n) is 6.21. The highest BCUT2D eigenvalue weighted by Crippen LogP contribution is 2.50. The van der Waals surface area contributed by atoms with Crippen molar-refractivity contribution >= 4 is 33.3 Å². The van der Waals surface area contributed by atoms with Crippen molar-refractivity contribution in [2.45, 2.75) is 12.3 Å². The Kier molecular flexibility index (Phi) is 3.46. The van der Waals surface area contributed by atoms with Gasteiger partial charge in [0.15, 0.2) is 5.78 Å². The van der Waals surface area contributed by atoms with E-state index in [1.807, 2.05) is 30.3 Å². The third-order valence-electron chi connectivity index (χ3n) is 3.56. The number of Topliss-reactive ketones (excluding diaryl/α,β-unsaturated/α-hetero) is 1. The van der Waals surface area contributed by atoms with E-state index in [1.54, 1.807) is 6.07 Å². The van der Waals surface area contributed by atoms with Gasteiger partial charge < -0.3 is 0 Å². The van der Waals surface area contributed by atoms with E-state index < -0.39 is 0 Å². The molecule has 0 radical (unpaired) electrons. The van der Waals surface area contributed by atoms with E-state index in [9.17, 15) is 4.79 Å². The van der Waals surface area contributed by atoms with Gasteiger partial charge in [-0.1, -0.05) is 48.0 Å². The molecule has 0 heterocycles. The molecule has 0 spiro atoms. The fourth-order valence-electron chi connectivity index (χ4n) is 2.47. The Morgan fingerprint density at radius 1 is 1.11 bits per heavy atom. The van der Waals surface area contributed by atoms with Crippen LogP contribution in [-0.2, 0) is 0 Å². The highest BCUT2D eigenvalue weighted by molar-refractivity contribution is 9.10. The SMILES string of the molecule is O=C(c1c(Cl)cccc1Br)C1CC1c1ccccc1. The van der Waals surface area contributed by atoms with Crippen LogP contribution >= 0.6 is 27.5 Å². The Balaban J connectivity index is 1.84. The van der Waals surface area contributed by atoms with Gasteiger partial charge in [-0.15, -0.1) is 0 Å². The number of carbonyl (C=O) groups excluding carboxylic acids is 1. The summed E-state index contributed by atoms with van der Waals surface area (Å²) in [6.45, 7) is 0. The van der Waals surface area contributed by atoms with E-state index in [1.165, 1.54) is 5.56 Å². The van der Waals surface area contributed by atoms with Crippen molar-refractivity contribution in [1.29, 1.82) is 0 Å². The lowest BCUT2D eigenvalue weighted by Crippen LogP contribution is -2.05. The summed E-state index contributed by atoms with van der Waals surface area (Å²) in [5, 5.41) is 0.526. The molecule has 0 amide bonds. The number of rotatable bonds is 3. The van der Waals surface area contributed by atoms with Crippen LogP contribution in [0.5, 0.6) is 0 Å². The van der Waals surface area contributed by atoms with Gasteiger partial charge in [0, 0.05) is 10.4 Å². The van der Waals surface area contributed by atoms with Gasteiger partial charge in [0.25, 0.3) is 0 Å². The highest BCUT2D eigenvalue weighted by atomic mass is 79.9. The fraction of sp³-hybridized carbons (Fsp3) is 0.188. The van der Waals surface area contributed by atoms with Crippen molar-refractivity contribution in [2.24, 2.45) is 5.92 Å². The smallest absolute Gasteiger partial charge is 0.169 e. The third-order valence-corrected chi connectivity index (χ3v) is 4.54. The molecule has 1 aliphatic rings. The van der Waals surface area contributed by atoms with Gasteiger partial charge in [0.1, 0.15) is 0 Å². The Labute approximate surface area is 125 Å². The summed E-state index contributed by atoms with van der Waals surface area (Å²) in [6.07, 6.45) is 0.917. The first-order chi connectivity index (χ1) is 9.18. The average Bonchev–Trinajstić information content (AvgIpc) is 3.19. The van der Waals surface area contributed by atoms with Gasteiger partial charge in [0.2, 0.25) is 0 Å². The summed E-state index contributed by atoms with van der Waals surface area (Å²) in [5.41, 5.74) is 1.86. The molecule has 19 heavy (non-hydrogen) atoms. The van der Waals surface area contributed by atoms with Crippen LogP contribution < -0.4 is 0 Å². The minimum atomic E-state index is 0.0681. The molecule has 1 aliphatic carbocycles. The van der Waals surface area contributed by atoms with Crippen molar-refractivity contribution in [2.75, 3.05) is 0 Å². The number of halogens is 2. The number of hydrogen-bond donors (Lipinski definition) is 0. The van der Waals surface area contributed by atoms with Crippen LogP contribution in [0.4, 0.5) is 0 Å². The summed E-state index contributed by atoms with van der Waals surface area (Å²) in [5.74, 6) is 0.557.